The van der Waals surface area contributed by atoms with E-state index in [1.807, 2.05) is 0 Å². The Hall–Kier alpha value is -0.0800. The summed E-state index contributed by atoms with van der Waals surface area (Å²) < 4.78 is 11.8. The van der Waals surface area contributed by atoms with Gasteiger partial charge in [-0.05, 0) is 55.3 Å². The molecular formula is C17H30O2. The summed E-state index contributed by atoms with van der Waals surface area (Å²) in [5.74, 6) is 1.52. The van der Waals surface area contributed by atoms with Crippen LogP contribution in [0, 0.1) is 22.7 Å². The van der Waals surface area contributed by atoms with E-state index >= 15 is 0 Å². The summed E-state index contributed by atoms with van der Waals surface area (Å²) >= 11 is 0. The highest BCUT2D eigenvalue weighted by Gasteiger charge is 2.62. The SMILES string of the molecule is COC1CC2C(C)(CCC3C(C)(C)CCCC32C)O1. The van der Waals surface area contributed by atoms with E-state index in [1.165, 1.54) is 32.1 Å². The maximum absolute atomic E-state index is 6.26. The normalized spacial score (nSPS) is 52.6. The number of ether oxygens (including phenoxy) is 2. The van der Waals surface area contributed by atoms with Gasteiger partial charge in [0.2, 0.25) is 0 Å². The molecule has 19 heavy (non-hydrogen) atoms. The molecule has 0 aromatic heterocycles. The summed E-state index contributed by atoms with van der Waals surface area (Å²) in [7, 11) is 1.79. The first-order valence-corrected chi connectivity index (χ1v) is 8.02. The molecule has 1 saturated heterocycles. The molecule has 0 aromatic carbocycles. The lowest BCUT2D eigenvalue weighted by atomic mass is 9.45. The largest absolute Gasteiger partial charge is 0.356 e. The third-order valence-electron chi connectivity index (χ3n) is 6.83. The molecule has 3 rings (SSSR count). The summed E-state index contributed by atoms with van der Waals surface area (Å²) in [4.78, 5) is 0. The first-order valence-electron chi connectivity index (χ1n) is 8.02. The predicted octanol–water partition coefficient (Wildman–Crippen LogP) is 4.38. The maximum atomic E-state index is 6.26. The van der Waals surface area contributed by atoms with Gasteiger partial charge in [-0.25, -0.2) is 0 Å². The Labute approximate surface area is 118 Å². The average Bonchev–Trinajstić information content (AvgIpc) is 2.66. The number of hydrogen-bond acceptors (Lipinski definition) is 2. The second-order valence-corrected chi connectivity index (χ2v) is 8.32. The molecule has 0 radical (unpaired) electrons. The Bertz CT molecular complexity index is 364. The van der Waals surface area contributed by atoms with Gasteiger partial charge in [0.25, 0.3) is 0 Å². The molecular weight excluding hydrogens is 236 g/mol. The van der Waals surface area contributed by atoms with Crippen molar-refractivity contribution in [1.29, 1.82) is 0 Å². The molecule has 0 spiro atoms. The molecule has 0 aromatic rings. The monoisotopic (exact) mass is 266 g/mol. The third kappa shape index (κ3) is 1.90. The van der Waals surface area contributed by atoms with Gasteiger partial charge in [-0.15, -0.1) is 0 Å². The first kappa shape index (κ1) is 13.9. The van der Waals surface area contributed by atoms with Crippen molar-refractivity contribution in [2.24, 2.45) is 22.7 Å². The van der Waals surface area contributed by atoms with Crippen LogP contribution in [0.1, 0.15) is 66.2 Å². The van der Waals surface area contributed by atoms with E-state index < -0.39 is 0 Å². The van der Waals surface area contributed by atoms with Crippen molar-refractivity contribution >= 4 is 0 Å². The van der Waals surface area contributed by atoms with Crippen molar-refractivity contribution in [3.63, 3.8) is 0 Å². The first-order chi connectivity index (χ1) is 8.82. The van der Waals surface area contributed by atoms with Crippen LogP contribution >= 0.6 is 0 Å². The summed E-state index contributed by atoms with van der Waals surface area (Å²) in [6, 6.07) is 0. The van der Waals surface area contributed by atoms with Crippen LogP contribution in [0.15, 0.2) is 0 Å². The third-order valence-corrected chi connectivity index (χ3v) is 6.83. The van der Waals surface area contributed by atoms with E-state index in [9.17, 15) is 0 Å². The van der Waals surface area contributed by atoms with E-state index in [1.54, 1.807) is 7.11 Å². The zero-order chi connectivity index (χ0) is 13.9. The van der Waals surface area contributed by atoms with E-state index in [4.69, 9.17) is 9.47 Å². The molecule has 0 N–H and O–H groups in total. The molecule has 2 saturated carbocycles. The topological polar surface area (TPSA) is 18.5 Å². The Morgan fingerprint density at radius 1 is 1.00 bits per heavy atom. The summed E-state index contributed by atoms with van der Waals surface area (Å²) in [6.45, 7) is 9.85. The van der Waals surface area contributed by atoms with E-state index in [0.29, 0.717) is 16.7 Å². The maximum Gasteiger partial charge on any atom is 0.158 e. The smallest absolute Gasteiger partial charge is 0.158 e. The van der Waals surface area contributed by atoms with Crippen molar-refractivity contribution in [1.82, 2.24) is 0 Å². The lowest BCUT2D eigenvalue weighted by Crippen LogP contribution is -2.55. The Morgan fingerprint density at radius 3 is 2.42 bits per heavy atom. The minimum absolute atomic E-state index is 0.0237. The summed E-state index contributed by atoms with van der Waals surface area (Å²) in [5, 5.41) is 0. The van der Waals surface area contributed by atoms with Crippen LogP contribution < -0.4 is 0 Å². The second-order valence-electron chi connectivity index (χ2n) is 8.32. The molecule has 5 atom stereocenters. The van der Waals surface area contributed by atoms with E-state index in [-0.39, 0.29) is 11.9 Å². The highest BCUT2D eigenvalue weighted by Crippen LogP contribution is 2.65. The molecule has 1 heterocycles. The molecule has 3 fully saturated rings. The number of fused-ring (bicyclic) bond motifs is 3. The number of hydrogen-bond donors (Lipinski definition) is 0. The van der Waals surface area contributed by atoms with E-state index in [2.05, 4.69) is 27.7 Å². The number of rotatable bonds is 1. The Morgan fingerprint density at radius 2 is 1.74 bits per heavy atom. The molecule has 110 valence electrons. The Kier molecular flexibility index (Phi) is 3.07. The van der Waals surface area contributed by atoms with Gasteiger partial charge in [0.05, 0.1) is 5.60 Å². The minimum atomic E-state index is 0.0237. The lowest BCUT2D eigenvalue weighted by Gasteiger charge is -2.60. The summed E-state index contributed by atoms with van der Waals surface area (Å²) in [6.07, 6.45) is 7.80. The van der Waals surface area contributed by atoms with Crippen LogP contribution in [0.25, 0.3) is 0 Å². The van der Waals surface area contributed by atoms with Crippen molar-refractivity contribution in [2.75, 3.05) is 7.11 Å². The standard InChI is InChI=1S/C17H30O2/c1-15(2)8-6-9-16(3)12(15)7-10-17(4)13(16)11-14(18-5)19-17/h12-14H,6-11H2,1-5H3. The average molecular weight is 266 g/mol. The van der Waals surface area contributed by atoms with Gasteiger partial charge in [-0.2, -0.15) is 0 Å². The second kappa shape index (κ2) is 4.21. The van der Waals surface area contributed by atoms with Crippen molar-refractivity contribution < 1.29 is 9.47 Å². The van der Waals surface area contributed by atoms with Gasteiger partial charge in [0, 0.05) is 13.5 Å². The predicted molar refractivity (Wildman–Crippen MR) is 76.9 cm³/mol. The van der Waals surface area contributed by atoms with Gasteiger partial charge >= 0.3 is 0 Å². The van der Waals surface area contributed by atoms with E-state index in [0.717, 1.165) is 12.3 Å². The molecule has 5 unspecified atom stereocenters. The quantitative estimate of drug-likeness (QED) is 0.701. The molecule has 2 heteroatoms. The van der Waals surface area contributed by atoms with Crippen LogP contribution in [-0.4, -0.2) is 19.0 Å². The fourth-order valence-corrected chi connectivity index (χ4v) is 5.95. The van der Waals surface area contributed by atoms with Crippen LogP contribution in [0.5, 0.6) is 0 Å². The van der Waals surface area contributed by atoms with Gasteiger partial charge in [-0.1, -0.05) is 27.2 Å². The molecule has 0 amide bonds. The molecule has 1 aliphatic heterocycles. The lowest BCUT2D eigenvalue weighted by molar-refractivity contribution is -0.188. The van der Waals surface area contributed by atoms with Gasteiger partial charge in [0.1, 0.15) is 0 Å². The van der Waals surface area contributed by atoms with Crippen LogP contribution in [0.4, 0.5) is 0 Å². The summed E-state index contributed by atoms with van der Waals surface area (Å²) in [5.41, 5.74) is 1.00. The molecule has 0 bridgehead atoms. The fourth-order valence-electron chi connectivity index (χ4n) is 5.95. The molecule has 3 aliphatic rings. The highest BCUT2D eigenvalue weighted by molar-refractivity contribution is 5.10. The van der Waals surface area contributed by atoms with Crippen LogP contribution in [0.3, 0.4) is 0 Å². The fraction of sp³-hybridized carbons (Fsp3) is 1.00. The highest BCUT2D eigenvalue weighted by atomic mass is 16.7. The van der Waals surface area contributed by atoms with Crippen molar-refractivity contribution in [2.45, 2.75) is 78.1 Å². The zero-order valence-electron chi connectivity index (χ0n) is 13.3. The van der Waals surface area contributed by atoms with Crippen molar-refractivity contribution in [3.8, 4) is 0 Å². The number of methoxy groups -OCH3 is 1. The van der Waals surface area contributed by atoms with Crippen LogP contribution in [0.2, 0.25) is 0 Å². The van der Waals surface area contributed by atoms with Gasteiger partial charge in [0.15, 0.2) is 6.29 Å². The van der Waals surface area contributed by atoms with Crippen molar-refractivity contribution in [3.05, 3.63) is 0 Å². The minimum Gasteiger partial charge on any atom is -0.356 e. The van der Waals surface area contributed by atoms with Gasteiger partial charge < -0.3 is 9.47 Å². The Balaban J connectivity index is 1.94. The molecule has 2 nitrogen and oxygen atoms in total. The zero-order valence-corrected chi connectivity index (χ0v) is 13.3. The van der Waals surface area contributed by atoms with Gasteiger partial charge in [-0.3, -0.25) is 0 Å². The van der Waals surface area contributed by atoms with Crippen LogP contribution in [-0.2, 0) is 9.47 Å². The molecule has 2 aliphatic carbocycles.